The van der Waals surface area contributed by atoms with Crippen molar-refractivity contribution < 1.29 is 9.53 Å². The van der Waals surface area contributed by atoms with Gasteiger partial charge in [0.25, 0.3) is 5.91 Å². The molecule has 25 heavy (non-hydrogen) atoms. The fourth-order valence-electron chi connectivity index (χ4n) is 3.18. The molecule has 2 aromatic rings. The van der Waals surface area contributed by atoms with Crippen molar-refractivity contribution in [3.05, 3.63) is 35.7 Å². The first-order valence-corrected chi connectivity index (χ1v) is 8.98. The molecule has 0 unspecified atom stereocenters. The van der Waals surface area contributed by atoms with Gasteiger partial charge >= 0.3 is 0 Å². The first-order chi connectivity index (χ1) is 12.2. The summed E-state index contributed by atoms with van der Waals surface area (Å²) in [6.45, 7) is 3.27. The predicted octanol–water partition coefficient (Wildman–Crippen LogP) is 2.44. The zero-order valence-electron chi connectivity index (χ0n) is 14.6. The molecule has 1 aliphatic rings. The quantitative estimate of drug-likeness (QED) is 0.781. The summed E-state index contributed by atoms with van der Waals surface area (Å²) < 4.78 is 7.46. The number of hydrogen-bond donors (Lipinski definition) is 1. The molecular formula is C18H25N5O2. The van der Waals surface area contributed by atoms with Crippen molar-refractivity contribution >= 4 is 5.91 Å². The van der Waals surface area contributed by atoms with Gasteiger partial charge in [0.15, 0.2) is 0 Å². The molecule has 7 heteroatoms. The monoisotopic (exact) mass is 343 g/mol. The lowest BCUT2D eigenvalue weighted by Crippen LogP contribution is -2.26. The first kappa shape index (κ1) is 17.5. The molecule has 1 saturated carbocycles. The molecule has 0 radical (unpaired) electrons. The Hall–Kier alpha value is -2.28. The maximum absolute atomic E-state index is 12.3. The van der Waals surface area contributed by atoms with Gasteiger partial charge in [0.05, 0.1) is 11.8 Å². The number of rotatable bonds is 7. The highest BCUT2D eigenvalue weighted by molar-refractivity contribution is 5.94. The minimum Gasteiger partial charge on any atom is -0.378 e. The van der Waals surface area contributed by atoms with E-state index in [0.29, 0.717) is 24.8 Å². The van der Waals surface area contributed by atoms with Gasteiger partial charge in [-0.05, 0) is 60.4 Å². The van der Waals surface area contributed by atoms with Gasteiger partial charge in [-0.15, -0.1) is 5.10 Å². The summed E-state index contributed by atoms with van der Waals surface area (Å²) in [4.78, 5) is 12.3. The Bertz CT molecular complexity index is 681. The van der Waals surface area contributed by atoms with E-state index in [0.717, 1.165) is 17.7 Å². The van der Waals surface area contributed by atoms with Gasteiger partial charge in [0, 0.05) is 18.7 Å². The number of aryl methyl sites for hydroxylation is 1. The van der Waals surface area contributed by atoms with Crippen LogP contribution in [-0.4, -0.2) is 45.4 Å². The van der Waals surface area contributed by atoms with Crippen molar-refractivity contribution in [3.8, 4) is 5.69 Å². The molecule has 1 aliphatic carbocycles. The third-order valence-electron chi connectivity index (χ3n) is 4.57. The molecule has 1 amide bonds. The lowest BCUT2D eigenvalue weighted by atomic mass is 9.98. The number of aromatic nitrogens is 4. The molecule has 1 aromatic carbocycles. The van der Waals surface area contributed by atoms with E-state index < -0.39 is 0 Å². The van der Waals surface area contributed by atoms with Crippen molar-refractivity contribution in [1.29, 1.82) is 0 Å². The van der Waals surface area contributed by atoms with Crippen molar-refractivity contribution in [2.75, 3.05) is 13.2 Å². The Morgan fingerprint density at radius 3 is 2.88 bits per heavy atom. The SMILES string of the molecule is Cc1cc(C(=O)NCCCOC2CCCCC2)ccc1-n1cnnn1. The van der Waals surface area contributed by atoms with Crippen LogP contribution in [0.25, 0.3) is 5.69 Å². The molecule has 0 bridgehead atoms. The summed E-state index contributed by atoms with van der Waals surface area (Å²) in [5, 5.41) is 14.1. The number of ether oxygens (including phenoxy) is 1. The van der Waals surface area contributed by atoms with Crippen molar-refractivity contribution in [2.24, 2.45) is 0 Å². The lowest BCUT2D eigenvalue weighted by molar-refractivity contribution is 0.0273. The minimum absolute atomic E-state index is 0.0657. The van der Waals surface area contributed by atoms with Gasteiger partial charge in [-0.25, -0.2) is 4.68 Å². The average Bonchev–Trinajstić information content (AvgIpc) is 3.16. The highest BCUT2D eigenvalue weighted by atomic mass is 16.5. The maximum Gasteiger partial charge on any atom is 0.251 e. The molecule has 1 aromatic heterocycles. The Labute approximate surface area is 147 Å². The normalized spacial score (nSPS) is 15.2. The Balaban J connectivity index is 1.43. The van der Waals surface area contributed by atoms with Gasteiger partial charge in [-0.2, -0.15) is 0 Å². The summed E-state index contributed by atoms with van der Waals surface area (Å²) in [5.41, 5.74) is 2.45. The predicted molar refractivity (Wildman–Crippen MR) is 93.7 cm³/mol. The maximum atomic E-state index is 12.3. The molecule has 134 valence electrons. The highest BCUT2D eigenvalue weighted by Gasteiger charge is 2.13. The Morgan fingerprint density at radius 1 is 1.32 bits per heavy atom. The molecule has 1 fully saturated rings. The molecular weight excluding hydrogens is 318 g/mol. The van der Waals surface area contributed by atoms with E-state index in [1.165, 1.54) is 38.4 Å². The molecule has 1 N–H and O–H groups in total. The molecule has 0 saturated heterocycles. The average molecular weight is 343 g/mol. The van der Waals surface area contributed by atoms with E-state index in [1.807, 2.05) is 19.1 Å². The fourth-order valence-corrected chi connectivity index (χ4v) is 3.18. The summed E-state index contributed by atoms with van der Waals surface area (Å²) in [6.07, 6.45) is 9.05. The topological polar surface area (TPSA) is 81.9 Å². The van der Waals surface area contributed by atoms with Crippen LogP contribution in [0.5, 0.6) is 0 Å². The third kappa shape index (κ3) is 4.85. The molecule has 1 heterocycles. The Kier molecular flexibility index (Phi) is 6.11. The van der Waals surface area contributed by atoms with Gasteiger partial charge in [-0.3, -0.25) is 4.79 Å². The van der Waals surface area contributed by atoms with Crippen LogP contribution in [0.4, 0.5) is 0 Å². The van der Waals surface area contributed by atoms with E-state index in [2.05, 4.69) is 20.8 Å². The van der Waals surface area contributed by atoms with E-state index in [9.17, 15) is 4.79 Å². The van der Waals surface area contributed by atoms with Crippen molar-refractivity contribution in [1.82, 2.24) is 25.5 Å². The highest BCUT2D eigenvalue weighted by Crippen LogP contribution is 2.20. The largest absolute Gasteiger partial charge is 0.378 e. The summed E-state index contributed by atoms with van der Waals surface area (Å²) in [7, 11) is 0. The standard InChI is InChI=1S/C18H25N5O2/c1-14-12-15(8-9-17(14)23-13-20-21-22-23)18(24)19-10-5-11-25-16-6-3-2-4-7-16/h8-9,12-13,16H,2-7,10-11H2,1H3,(H,19,24). The van der Waals surface area contributed by atoms with Crippen LogP contribution in [-0.2, 0) is 4.74 Å². The number of carbonyl (C=O) groups is 1. The third-order valence-corrected chi connectivity index (χ3v) is 4.57. The van der Waals surface area contributed by atoms with E-state index in [-0.39, 0.29) is 5.91 Å². The van der Waals surface area contributed by atoms with Gasteiger partial charge in [0.2, 0.25) is 0 Å². The summed E-state index contributed by atoms with van der Waals surface area (Å²) in [6, 6.07) is 5.50. The van der Waals surface area contributed by atoms with Crippen LogP contribution in [0.1, 0.15) is 54.4 Å². The van der Waals surface area contributed by atoms with Crippen molar-refractivity contribution in [2.45, 2.75) is 51.6 Å². The zero-order valence-corrected chi connectivity index (χ0v) is 14.6. The second kappa shape index (κ2) is 8.71. The van der Waals surface area contributed by atoms with Gasteiger partial charge in [-0.1, -0.05) is 19.3 Å². The van der Waals surface area contributed by atoms with Gasteiger partial charge < -0.3 is 10.1 Å². The molecule has 0 aliphatic heterocycles. The van der Waals surface area contributed by atoms with Crippen LogP contribution in [0.3, 0.4) is 0 Å². The number of hydrogen-bond acceptors (Lipinski definition) is 5. The minimum atomic E-state index is -0.0657. The number of nitrogens with one attached hydrogen (secondary N) is 1. The number of tetrazole rings is 1. The van der Waals surface area contributed by atoms with Crippen LogP contribution >= 0.6 is 0 Å². The lowest BCUT2D eigenvalue weighted by Gasteiger charge is -2.21. The first-order valence-electron chi connectivity index (χ1n) is 8.98. The summed E-state index contributed by atoms with van der Waals surface area (Å²) >= 11 is 0. The van der Waals surface area contributed by atoms with E-state index in [4.69, 9.17) is 4.74 Å². The number of carbonyl (C=O) groups excluding carboxylic acids is 1. The molecule has 0 atom stereocenters. The smallest absolute Gasteiger partial charge is 0.251 e. The van der Waals surface area contributed by atoms with Crippen molar-refractivity contribution in [3.63, 3.8) is 0 Å². The molecule has 0 spiro atoms. The van der Waals surface area contributed by atoms with E-state index >= 15 is 0 Å². The van der Waals surface area contributed by atoms with Crippen LogP contribution in [0.2, 0.25) is 0 Å². The van der Waals surface area contributed by atoms with Crippen LogP contribution in [0.15, 0.2) is 24.5 Å². The second-order valence-corrected chi connectivity index (χ2v) is 6.50. The zero-order chi connectivity index (χ0) is 17.5. The number of benzene rings is 1. The van der Waals surface area contributed by atoms with Crippen LogP contribution < -0.4 is 5.32 Å². The summed E-state index contributed by atoms with van der Waals surface area (Å²) in [5.74, 6) is -0.0657. The molecule has 7 nitrogen and oxygen atoms in total. The van der Waals surface area contributed by atoms with E-state index in [1.54, 1.807) is 10.7 Å². The number of nitrogens with zero attached hydrogens (tertiary/aromatic N) is 4. The number of amides is 1. The molecule has 3 rings (SSSR count). The van der Waals surface area contributed by atoms with Crippen LogP contribution in [0, 0.1) is 6.92 Å². The Morgan fingerprint density at radius 2 is 2.16 bits per heavy atom. The fraction of sp³-hybridized carbons (Fsp3) is 0.556. The van der Waals surface area contributed by atoms with Gasteiger partial charge in [0.1, 0.15) is 6.33 Å². The second-order valence-electron chi connectivity index (χ2n) is 6.50.